The van der Waals surface area contributed by atoms with Crippen molar-refractivity contribution in [3.05, 3.63) is 0 Å². The number of nitrogens with one attached hydrogen (secondary N) is 1. The van der Waals surface area contributed by atoms with Gasteiger partial charge in [0.2, 0.25) is 11.8 Å². The lowest BCUT2D eigenvalue weighted by atomic mass is 9.94. The average molecular weight is 292 g/mol. The molecule has 2 unspecified atom stereocenters. The Labute approximate surface area is 127 Å². The van der Waals surface area contributed by atoms with Crippen LogP contribution in [-0.4, -0.2) is 35.3 Å². The number of carbonyl (C=O) groups is 2. The maximum Gasteiger partial charge on any atom is 0.245 e. The molecule has 21 heavy (non-hydrogen) atoms. The average Bonchev–Trinajstić information content (AvgIpc) is 3.34. The van der Waals surface area contributed by atoms with E-state index in [-0.39, 0.29) is 23.9 Å². The van der Waals surface area contributed by atoms with Crippen molar-refractivity contribution in [1.29, 1.82) is 0 Å². The Hall–Kier alpha value is -1.06. The van der Waals surface area contributed by atoms with Gasteiger partial charge in [0.05, 0.1) is 0 Å². The largest absolute Gasteiger partial charge is 0.343 e. The molecule has 1 N–H and O–H groups in total. The summed E-state index contributed by atoms with van der Waals surface area (Å²) in [7, 11) is 0. The van der Waals surface area contributed by atoms with Gasteiger partial charge in [0.25, 0.3) is 0 Å². The fraction of sp³-hybridized carbons (Fsp3) is 0.882. The molecule has 4 nitrogen and oxygen atoms in total. The molecule has 2 aliphatic carbocycles. The highest BCUT2D eigenvalue weighted by Crippen LogP contribution is 2.49. The highest BCUT2D eigenvalue weighted by Gasteiger charge is 2.46. The Kier molecular flexibility index (Phi) is 4.23. The molecule has 118 valence electrons. The molecular formula is C17H28N2O2. The minimum atomic E-state index is -0.288. The van der Waals surface area contributed by atoms with E-state index in [1.165, 1.54) is 25.7 Å². The highest BCUT2D eigenvalue weighted by atomic mass is 16.2. The lowest BCUT2D eigenvalue weighted by Crippen LogP contribution is -2.63. The van der Waals surface area contributed by atoms with E-state index in [0.29, 0.717) is 5.92 Å². The van der Waals surface area contributed by atoms with Crippen molar-refractivity contribution in [2.75, 3.05) is 6.54 Å². The van der Waals surface area contributed by atoms with Crippen molar-refractivity contribution >= 4 is 11.8 Å². The summed E-state index contributed by atoms with van der Waals surface area (Å²) in [5.41, 5.74) is 0. The van der Waals surface area contributed by atoms with Crippen LogP contribution in [0.5, 0.6) is 0 Å². The van der Waals surface area contributed by atoms with Crippen LogP contribution in [0, 0.1) is 17.8 Å². The quantitative estimate of drug-likeness (QED) is 0.783. The first-order valence-corrected chi connectivity index (χ1v) is 8.76. The van der Waals surface area contributed by atoms with Crippen molar-refractivity contribution in [3.8, 4) is 0 Å². The molecule has 4 heteroatoms. The minimum Gasteiger partial charge on any atom is -0.343 e. The molecule has 0 aromatic heterocycles. The number of amides is 2. The van der Waals surface area contributed by atoms with Crippen molar-refractivity contribution in [1.82, 2.24) is 10.2 Å². The number of rotatable bonds is 7. The van der Waals surface area contributed by atoms with Crippen LogP contribution in [0.4, 0.5) is 0 Å². The molecule has 0 spiro atoms. The van der Waals surface area contributed by atoms with Crippen molar-refractivity contribution in [2.45, 2.75) is 70.9 Å². The Bertz CT molecular complexity index is 403. The summed E-state index contributed by atoms with van der Waals surface area (Å²) in [6.45, 7) is 4.89. The van der Waals surface area contributed by atoms with Gasteiger partial charge in [-0.15, -0.1) is 0 Å². The van der Waals surface area contributed by atoms with Gasteiger partial charge in [0.15, 0.2) is 0 Å². The smallest absolute Gasteiger partial charge is 0.245 e. The van der Waals surface area contributed by atoms with Gasteiger partial charge in [0, 0.05) is 6.54 Å². The Morgan fingerprint density at radius 1 is 1.14 bits per heavy atom. The first-order valence-electron chi connectivity index (χ1n) is 8.76. The summed E-state index contributed by atoms with van der Waals surface area (Å²) in [5, 5.41) is 2.93. The molecule has 1 aliphatic heterocycles. The van der Waals surface area contributed by atoms with Crippen LogP contribution < -0.4 is 5.32 Å². The maximum atomic E-state index is 12.8. The third kappa shape index (κ3) is 3.09. The predicted octanol–water partition coefficient (Wildman–Crippen LogP) is 2.33. The summed E-state index contributed by atoms with van der Waals surface area (Å²) in [4.78, 5) is 27.0. The Balaban J connectivity index is 1.74. The molecule has 2 saturated carbocycles. The van der Waals surface area contributed by atoms with Crippen LogP contribution in [-0.2, 0) is 9.59 Å². The zero-order valence-electron chi connectivity index (χ0n) is 13.3. The van der Waals surface area contributed by atoms with Gasteiger partial charge in [-0.3, -0.25) is 9.59 Å². The highest BCUT2D eigenvalue weighted by molar-refractivity contribution is 5.96. The molecule has 3 fully saturated rings. The maximum absolute atomic E-state index is 12.8. The summed E-state index contributed by atoms with van der Waals surface area (Å²) in [6, 6.07) is -0.532. The third-order valence-corrected chi connectivity index (χ3v) is 5.40. The Morgan fingerprint density at radius 3 is 2.24 bits per heavy atom. The van der Waals surface area contributed by atoms with Gasteiger partial charge in [-0.05, 0) is 56.3 Å². The van der Waals surface area contributed by atoms with Gasteiger partial charge in [-0.2, -0.15) is 0 Å². The molecule has 0 bridgehead atoms. The fourth-order valence-electron chi connectivity index (χ4n) is 3.89. The van der Waals surface area contributed by atoms with Crippen LogP contribution >= 0.6 is 0 Å². The molecule has 3 aliphatic rings. The van der Waals surface area contributed by atoms with E-state index in [4.69, 9.17) is 0 Å². The first-order chi connectivity index (χ1) is 10.2. The second kappa shape index (κ2) is 5.98. The van der Waals surface area contributed by atoms with Crippen LogP contribution in [0.1, 0.15) is 58.8 Å². The van der Waals surface area contributed by atoms with Crippen LogP contribution in [0.15, 0.2) is 0 Å². The summed E-state index contributed by atoms with van der Waals surface area (Å²) < 4.78 is 0. The van der Waals surface area contributed by atoms with E-state index in [9.17, 15) is 9.59 Å². The molecule has 3 rings (SSSR count). The van der Waals surface area contributed by atoms with Gasteiger partial charge in [0.1, 0.15) is 12.1 Å². The van der Waals surface area contributed by atoms with Gasteiger partial charge in [-0.25, -0.2) is 0 Å². The van der Waals surface area contributed by atoms with E-state index >= 15 is 0 Å². The lowest BCUT2D eigenvalue weighted by molar-refractivity contribution is -0.150. The monoisotopic (exact) mass is 292 g/mol. The lowest BCUT2D eigenvalue weighted by Gasteiger charge is -2.40. The molecule has 0 aromatic carbocycles. The zero-order valence-corrected chi connectivity index (χ0v) is 13.3. The fourth-order valence-corrected chi connectivity index (χ4v) is 3.89. The predicted molar refractivity (Wildman–Crippen MR) is 81.6 cm³/mol. The van der Waals surface area contributed by atoms with Crippen LogP contribution in [0.3, 0.4) is 0 Å². The van der Waals surface area contributed by atoms with E-state index in [2.05, 4.69) is 12.2 Å². The second-order valence-electron chi connectivity index (χ2n) is 7.10. The number of carbonyl (C=O) groups excluding carboxylic acids is 2. The molecule has 2 atom stereocenters. The molecule has 1 saturated heterocycles. The molecule has 2 amide bonds. The normalized spacial score (nSPS) is 30.0. The van der Waals surface area contributed by atoms with E-state index in [1.54, 1.807) is 0 Å². The second-order valence-corrected chi connectivity index (χ2v) is 7.10. The van der Waals surface area contributed by atoms with Crippen molar-refractivity contribution in [2.24, 2.45) is 17.8 Å². The zero-order chi connectivity index (χ0) is 15.0. The van der Waals surface area contributed by atoms with E-state index < -0.39 is 0 Å². The topological polar surface area (TPSA) is 49.4 Å². The third-order valence-electron chi connectivity index (χ3n) is 5.40. The van der Waals surface area contributed by atoms with Crippen LogP contribution in [0.25, 0.3) is 0 Å². The molecular weight excluding hydrogens is 264 g/mol. The number of piperazine rings is 1. The summed E-state index contributed by atoms with van der Waals surface area (Å²) >= 11 is 0. The first kappa shape index (κ1) is 14.9. The van der Waals surface area contributed by atoms with E-state index in [0.717, 1.165) is 37.6 Å². The SMILES string of the molecule is CCCC1NC(=O)C(CC)N(CC(C2CC2)C2CC2)C1=O. The molecule has 0 aromatic rings. The Morgan fingerprint density at radius 2 is 1.76 bits per heavy atom. The van der Waals surface area contributed by atoms with Gasteiger partial charge in [-0.1, -0.05) is 20.3 Å². The summed E-state index contributed by atoms with van der Waals surface area (Å²) in [5.74, 6) is 2.50. The van der Waals surface area contributed by atoms with E-state index in [1.807, 2.05) is 11.8 Å². The van der Waals surface area contributed by atoms with Crippen LogP contribution in [0.2, 0.25) is 0 Å². The standard InChI is InChI=1S/C17H28N2O2/c1-3-5-14-17(21)19(15(4-2)16(20)18-14)10-13(11-6-7-11)12-8-9-12/h11-15H,3-10H2,1-2H3,(H,18,20). The van der Waals surface area contributed by atoms with Gasteiger partial charge >= 0.3 is 0 Å². The van der Waals surface area contributed by atoms with Gasteiger partial charge < -0.3 is 10.2 Å². The molecule has 1 heterocycles. The number of hydrogen-bond donors (Lipinski definition) is 1. The number of hydrogen-bond acceptors (Lipinski definition) is 2. The van der Waals surface area contributed by atoms with Crippen molar-refractivity contribution in [3.63, 3.8) is 0 Å². The minimum absolute atomic E-state index is 0.0564. The number of nitrogens with zero attached hydrogens (tertiary/aromatic N) is 1. The van der Waals surface area contributed by atoms with Crippen molar-refractivity contribution < 1.29 is 9.59 Å². The molecule has 0 radical (unpaired) electrons. The summed E-state index contributed by atoms with van der Waals surface area (Å²) in [6.07, 6.45) is 7.70.